The van der Waals surface area contributed by atoms with E-state index >= 15 is 0 Å². The Kier molecular flexibility index (Phi) is 3.49. The predicted molar refractivity (Wildman–Crippen MR) is 82.9 cm³/mol. The van der Waals surface area contributed by atoms with Crippen LogP contribution in [0.5, 0.6) is 5.75 Å². The molecular formula is C16H11N3O3. The Hall–Kier alpha value is -3.28. The summed E-state index contributed by atoms with van der Waals surface area (Å²) in [5, 5.41) is 30.5. The van der Waals surface area contributed by atoms with Crippen molar-refractivity contribution < 1.29 is 10.0 Å². The lowest BCUT2D eigenvalue weighted by Crippen LogP contribution is -1.87. The maximum Gasteiger partial charge on any atom is 0.296 e. The number of phenolic OH excluding ortho intramolecular Hbond substituents is 1. The van der Waals surface area contributed by atoms with Crippen molar-refractivity contribution >= 4 is 27.8 Å². The van der Waals surface area contributed by atoms with Gasteiger partial charge in [0.1, 0.15) is 11.4 Å². The first-order valence-corrected chi connectivity index (χ1v) is 6.52. The van der Waals surface area contributed by atoms with Crippen LogP contribution in [0, 0.1) is 10.1 Å². The number of para-hydroxylation sites is 1. The summed E-state index contributed by atoms with van der Waals surface area (Å²) in [6.07, 6.45) is 0. The van der Waals surface area contributed by atoms with Crippen molar-refractivity contribution in [2.45, 2.75) is 0 Å². The lowest BCUT2D eigenvalue weighted by Gasteiger charge is -2.03. The second-order valence-electron chi connectivity index (χ2n) is 4.60. The summed E-state index contributed by atoms with van der Waals surface area (Å²) in [6.45, 7) is 0. The fraction of sp³-hybridized carbons (Fsp3) is 0. The Bertz CT molecular complexity index is 891. The van der Waals surface area contributed by atoms with E-state index in [2.05, 4.69) is 10.2 Å². The molecule has 0 bridgehead atoms. The molecule has 0 amide bonds. The van der Waals surface area contributed by atoms with Crippen molar-refractivity contribution in [2.24, 2.45) is 10.2 Å². The molecule has 3 aromatic carbocycles. The van der Waals surface area contributed by atoms with Crippen LogP contribution in [0.15, 0.2) is 70.9 Å². The van der Waals surface area contributed by atoms with Gasteiger partial charge >= 0.3 is 0 Å². The normalized spacial score (nSPS) is 11.1. The zero-order valence-corrected chi connectivity index (χ0v) is 11.4. The van der Waals surface area contributed by atoms with E-state index < -0.39 is 4.92 Å². The Morgan fingerprint density at radius 1 is 0.909 bits per heavy atom. The molecule has 0 spiro atoms. The molecule has 0 saturated carbocycles. The molecule has 22 heavy (non-hydrogen) atoms. The van der Waals surface area contributed by atoms with Gasteiger partial charge < -0.3 is 5.11 Å². The van der Waals surface area contributed by atoms with Crippen LogP contribution in [-0.2, 0) is 0 Å². The summed E-state index contributed by atoms with van der Waals surface area (Å²) in [7, 11) is 0. The first kappa shape index (κ1) is 13.7. The standard InChI is InChI=1S/C16H11N3O3/c20-15-10-9-11-5-1-2-6-12(11)16(15)18-17-13-7-3-4-8-14(13)19(21)22/h1-10,20H/b18-17+. The lowest BCUT2D eigenvalue weighted by atomic mass is 10.1. The third kappa shape index (κ3) is 2.49. The van der Waals surface area contributed by atoms with E-state index in [1.807, 2.05) is 24.3 Å². The topological polar surface area (TPSA) is 88.1 Å². The first-order valence-electron chi connectivity index (χ1n) is 6.52. The number of phenols is 1. The SMILES string of the molecule is O=[N+]([O-])c1ccccc1/N=N/c1c(O)ccc2ccccc12. The molecule has 3 rings (SSSR count). The number of nitro groups is 1. The fourth-order valence-corrected chi connectivity index (χ4v) is 2.16. The number of nitro benzene ring substituents is 1. The molecule has 0 aliphatic carbocycles. The van der Waals surface area contributed by atoms with Gasteiger partial charge in [-0.15, -0.1) is 10.2 Å². The zero-order chi connectivity index (χ0) is 15.5. The summed E-state index contributed by atoms with van der Waals surface area (Å²) in [5.41, 5.74) is 0.294. The minimum Gasteiger partial charge on any atom is -0.506 e. The molecule has 6 heteroatoms. The highest BCUT2D eigenvalue weighted by atomic mass is 16.6. The molecule has 0 aliphatic rings. The van der Waals surface area contributed by atoms with E-state index in [9.17, 15) is 15.2 Å². The van der Waals surface area contributed by atoms with Gasteiger partial charge in [-0.2, -0.15) is 0 Å². The highest BCUT2D eigenvalue weighted by Crippen LogP contribution is 2.37. The molecule has 0 aromatic heterocycles. The van der Waals surface area contributed by atoms with Gasteiger partial charge in [0.05, 0.1) is 4.92 Å². The molecule has 0 atom stereocenters. The number of fused-ring (bicyclic) bond motifs is 1. The summed E-state index contributed by atoms with van der Waals surface area (Å²) in [4.78, 5) is 10.5. The average Bonchev–Trinajstić information content (AvgIpc) is 2.54. The number of aromatic hydroxyl groups is 1. The summed E-state index contributed by atoms with van der Waals surface area (Å²) in [5.74, 6) is -0.0268. The highest BCUT2D eigenvalue weighted by Gasteiger charge is 2.12. The van der Waals surface area contributed by atoms with E-state index in [0.29, 0.717) is 0 Å². The van der Waals surface area contributed by atoms with Gasteiger partial charge in [-0.3, -0.25) is 10.1 Å². The van der Waals surface area contributed by atoms with Gasteiger partial charge in [0, 0.05) is 11.5 Å². The predicted octanol–water partition coefficient (Wildman–Crippen LogP) is 4.87. The zero-order valence-electron chi connectivity index (χ0n) is 11.4. The van der Waals surface area contributed by atoms with Gasteiger partial charge in [-0.25, -0.2) is 0 Å². The number of benzene rings is 3. The molecule has 0 heterocycles. The lowest BCUT2D eigenvalue weighted by molar-refractivity contribution is -0.384. The average molecular weight is 293 g/mol. The van der Waals surface area contributed by atoms with Crippen molar-refractivity contribution in [1.82, 2.24) is 0 Å². The summed E-state index contributed by atoms with van der Waals surface area (Å²) < 4.78 is 0. The van der Waals surface area contributed by atoms with E-state index in [1.165, 1.54) is 18.2 Å². The van der Waals surface area contributed by atoms with Crippen molar-refractivity contribution in [3.8, 4) is 5.75 Å². The van der Waals surface area contributed by atoms with Crippen molar-refractivity contribution in [3.05, 3.63) is 70.8 Å². The largest absolute Gasteiger partial charge is 0.506 e. The van der Waals surface area contributed by atoms with Crippen LogP contribution in [0.3, 0.4) is 0 Å². The first-order chi connectivity index (χ1) is 10.7. The van der Waals surface area contributed by atoms with Crippen LogP contribution in [-0.4, -0.2) is 10.0 Å². The highest BCUT2D eigenvalue weighted by molar-refractivity contribution is 5.95. The van der Waals surface area contributed by atoms with Crippen molar-refractivity contribution in [3.63, 3.8) is 0 Å². The van der Waals surface area contributed by atoms with Gasteiger partial charge in [-0.1, -0.05) is 42.5 Å². The van der Waals surface area contributed by atoms with Gasteiger partial charge in [0.2, 0.25) is 0 Å². The molecule has 1 N–H and O–H groups in total. The molecule has 0 saturated heterocycles. The van der Waals surface area contributed by atoms with Crippen molar-refractivity contribution in [1.29, 1.82) is 0 Å². The Morgan fingerprint density at radius 3 is 2.45 bits per heavy atom. The third-order valence-corrected chi connectivity index (χ3v) is 3.22. The molecule has 0 aliphatic heterocycles. The van der Waals surface area contributed by atoms with Crippen LogP contribution >= 0.6 is 0 Å². The molecular weight excluding hydrogens is 282 g/mol. The van der Waals surface area contributed by atoms with Crippen LogP contribution in [0.1, 0.15) is 0 Å². The Balaban J connectivity index is 2.11. The van der Waals surface area contributed by atoms with Gasteiger partial charge in [0.15, 0.2) is 5.69 Å². The maximum atomic E-state index is 11.0. The molecule has 0 unspecified atom stereocenters. The van der Waals surface area contributed by atoms with Gasteiger partial charge in [0.25, 0.3) is 5.69 Å². The quantitative estimate of drug-likeness (QED) is 0.424. The molecule has 3 aromatic rings. The smallest absolute Gasteiger partial charge is 0.296 e. The number of nitrogens with zero attached hydrogens (tertiary/aromatic N) is 3. The second kappa shape index (κ2) is 5.61. The fourth-order valence-electron chi connectivity index (χ4n) is 2.16. The summed E-state index contributed by atoms with van der Waals surface area (Å²) >= 11 is 0. The van der Waals surface area contributed by atoms with Crippen LogP contribution in [0.4, 0.5) is 17.1 Å². The molecule has 6 nitrogen and oxygen atoms in total. The van der Waals surface area contributed by atoms with Crippen LogP contribution in [0.2, 0.25) is 0 Å². The van der Waals surface area contributed by atoms with Crippen LogP contribution < -0.4 is 0 Å². The van der Waals surface area contributed by atoms with Crippen LogP contribution in [0.25, 0.3) is 10.8 Å². The monoisotopic (exact) mass is 293 g/mol. The van der Waals surface area contributed by atoms with E-state index in [-0.39, 0.29) is 22.8 Å². The summed E-state index contributed by atoms with van der Waals surface area (Å²) in [6, 6.07) is 16.8. The Labute approximate surface area is 125 Å². The molecule has 0 radical (unpaired) electrons. The Morgan fingerprint density at radius 2 is 1.64 bits per heavy atom. The number of azo groups is 1. The minimum absolute atomic E-state index is 0.0268. The minimum atomic E-state index is -0.517. The molecule has 0 fully saturated rings. The van der Waals surface area contributed by atoms with Crippen molar-refractivity contribution in [2.75, 3.05) is 0 Å². The maximum absolute atomic E-state index is 11.0. The van der Waals surface area contributed by atoms with E-state index in [0.717, 1.165) is 10.8 Å². The number of hydrogen-bond donors (Lipinski definition) is 1. The second-order valence-corrected chi connectivity index (χ2v) is 4.60. The van der Waals surface area contributed by atoms with E-state index in [4.69, 9.17) is 0 Å². The van der Waals surface area contributed by atoms with Gasteiger partial charge in [-0.05, 0) is 17.5 Å². The number of hydrogen-bond acceptors (Lipinski definition) is 5. The van der Waals surface area contributed by atoms with E-state index in [1.54, 1.807) is 18.2 Å². The number of rotatable bonds is 3. The third-order valence-electron chi connectivity index (χ3n) is 3.22. The molecule has 108 valence electrons.